The molecule has 0 spiro atoms. The van der Waals surface area contributed by atoms with Gasteiger partial charge in [-0.15, -0.1) is 0 Å². The predicted molar refractivity (Wildman–Crippen MR) is 124 cm³/mol. The first kappa shape index (κ1) is 17.8. The summed E-state index contributed by atoms with van der Waals surface area (Å²) < 4.78 is 0. The molecule has 4 aromatic rings. The molecule has 4 heteroatoms. The van der Waals surface area contributed by atoms with Crippen LogP contribution in [0.25, 0.3) is 33.3 Å². The van der Waals surface area contributed by atoms with Crippen LogP contribution in [0.4, 0.5) is 0 Å². The van der Waals surface area contributed by atoms with Gasteiger partial charge in [0.2, 0.25) is 0 Å². The number of fused-ring (bicyclic) bond motifs is 7. The molecule has 0 bridgehead atoms. The summed E-state index contributed by atoms with van der Waals surface area (Å²) in [6.45, 7) is 0.560. The van der Waals surface area contributed by atoms with Crippen LogP contribution < -0.4 is 5.32 Å². The molecule has 0 radical (unpaired) electrons. The minimum absolute atomic E-state index is 0.0415. The summed E-state index contributed by atoms with van der Waals surface area (Å²) in [5.74, 6) is -0.0415. The van der Waals surface area contributed by atoms with Crippen LogP contribution in [0.5, 0.6) is 0 Å². The van der Waals surface area contributed by atoms with Crippen LogP contribution in [-0.2, 0) is 11.2 Å². The summed E-state index contributed by atoms with van der Waals surface area (Å²) in [7, 11) is 0. The second-order valence-electron chi connectivity index (χ2n) is 7.80. The molecule has 2 heterocycles. The van der Waals surface area contributed by atoms with Crippen LogP contribution in [0.15, 0.2) is 90.3 Å². The van der Waals surface area contributed by atoms with Gasteiger partial charge in [-0.05, 0) is 69.5 Å². The average molecular weight is 401 g/mol. The number of allylic oxidation sites excluding steroid dienone is 3. The number of carbonyl (C=O) groups excluding carboxylic acids is 1. The molecule has 6 rings (SSSR count). The fraction of sp³-hybridized carbons (Fsp3) is 0.0741. The highest BCUT2D eigenvalue weighted by molar-refractivity contribution is 6.18. The van der Waals surface area contributed by atoms with Gasteiger partial charge in [-0.2, -0.15) is 0 Å². The van der Waals surface area contributed by atoms with Crippen molar-refractivity contribution in [2.45, 2.75) is 6.42 Å². The van der Waals surface area contributed by atoms with Crippen molar-refractivity contribution in [3.05, 3.63) is 107 Å². The maximum atomic E-state index is 12.9. The van der Waals surface area contributed by atoms with Gasteiger partial charge in [0.25, 0.3) is 5.91 Å². The zero-order valence-electron chi connectivity index (χ0n) is 16.8. The molecular formula is C27H19N3O. The smallest absolute Gasteiger partial charge is 0.251 e. The van der Waals surface area contributed by atoms with E-state index in [2.05, 4.69) is 57.8 Å². The number of hydrogen-bond donors (Lipinski definition) is 1. The Labute approximate surface area is 179 Å². The Kier molecular flexibility index (Phi) is 4.03. The molecule has 1 amide bonds. The average Bonchev–Trinajstić information content (AvgIpc) is 3.39. The molecule has 2 aromatic heterocycles. The Bertz CT molecular complexity index is 1460. The third-order valence-electron chi connectivity index (χ3n) is 6.04. The number of hydrogen-bond acceptors (Lipinski definition) is 3. The molecule has 0 atom stereocenters. The predicted octanol–water partition coefficient (Wildman–Crippen LogP) is 4.86. The van der Waals surface area contributed by atoms with Crippen molar-refractivity contribution >= 4 is 39.2 Å². The molecule has 1 N–H and O–H groups in total. The summed E-state index contributed by atoms with van der Waals surface area (Å²) >= 11 is 0. The highest BCUT2D eigenvalue weighted by Crippen LogP contribution is 2.45. The van der Waals surface area contributed by atoms with Gasteiger partial charge in [0.1, 0.15) is 0 Å². The van der Waals surface area contributed by atoms with Gasteiger partial charge < -0.3 is 5.32 Å². The summed E-state index contributed by atoms with van der Waals surface area (Å²) in [5, 5.41) is 6.57. The molecule has 0 saturated heterocycles. The highest BCUT2D eigenvalue weighted by atomic mass is 16.1. The van der Waals surface area contributed by atoms with Crippen molar-refractivity contribution < 1.29 is 4.79 Å². The third kappa shape index (κ3) is 2.88. The second-order valence-corrected chi connectivity index (χ2v) is 7.80. The number of amides is 1. The molecule has 0 saturated carbocycles. The van der Waals surface area contributed by atoms with Crippen LogP contribution >= 0.6 is 0 Å². The van der Waals surface area contributed by atoms with Gasteiger partial charge >= 0.3 is 0 Å². The van der Waals surface area contributed by atoms with E-state index in [1.165, 1.54) is 21.9 Å². The van der Waals surface area contributed by atoms with E-state index < -0.39 is 0 Å². The number of benzene rings is 2. The lowest BCUT2D eigenvalue weighted by Crippen LogP contribution is -2.27. The standard InChI is InChI=1S/C27H19N3O/c31-27(30-15-12-17-4-1-2-13-28-17)23-9-8-20-19-7-6-18-21(24(19)16-25(20)23)10-11-26-22(18)5-3-14-29-26/h1-11,13-14,16H,12,15H2,(H,30,31). The maximum Gasteiger partial charge on any atom is 0.251 e. The number of aromatic nitrogens is 2. The fourth-order valence-electron chi connectivity index (χ4n) is 4.55. The van der Waals surface area contributed by atoms with Crippen LogP contribution in [-0.4, -0.2) is 22.4 Å². The van der Waals surface area contributed by atoms with Crippen molar-refractivity contribution in [3.63, 3.8) is 0 Å². The first-order valence-electron chi connectivity index (χ1n) is 10.4. The summed E-state index contributed by atoms with van der Waals surface area (Å²) in [5.41, 5.74) is 7.18. The Morgan fingerprint density at radius 3 is 2.61 bits per heavy atom. The Morgan fingerprint density at radius 1 is 0.806 bits per heavy atom. The van der Waals surface area contributed by atoms with E-state index in [0.717, 1.165) is 33.3 Å². The minimum atomic E-state index is -0.0415. The fourth-order valence-corrected chi connectivity index (χ4v) is 4.55. The molecular weight excluding hydrogens is 382 g/mol. The second kappa shape index (κ2) is 7.03. The molecule has 0 aliphatic heterocycles. The number of pyridine rings is 2. The highest BCUT2D eigenvalue weighted by Gasteiger charge is 2.29. The molecule has 0 fully saturated rings. The van der Waals surface area contributed by atoms with Gasteiger partial charge in [-0.25, -0.2) is 0 Å². The van der Waals surface area contributed by atoms with E-state index in [9.17, 15) is 4.79 Å². The minimum Gasteiger partial charge on any atom is -0.352 e. The molecule has 2 aromatic carbocycles. The SMILES string of the molecule is O=C(NCCc1ccccn1)C1=CC=C2C1=Cc1c2ccc2c1ccc1ncccc12. The summed E-state index contributed by atoms with van der Waals surface area (Å²) in [4.78, 5) is 21.7. The Balaban J connectivity index is 1.29. The van der Waals surface area contributed by atoms with Gasteiger partial charge in [-0.1, -0.05) is 36.4 Å². The quantitative estimate of drug-likeness (QED) is 0.497. The van der Waals surface area contributed by atoms with Crippen molar-refractivity contribution in [2.75, 3.05) is 6.54 Å². The Hall–Kier alpha value is -4.05. The van der Waals surface area contributed by atoms with E-state index in [1.54, 1.807) is 6.20 Å². The van der Waals surface area contributed by atoms with E-state index in [4.69, 9.17) is 0 Å². The number of nitrogens with one attached hydrogen (secondary N) is 1. The van der Waals surface area contributed by atoms with Gasteiger partial charge in [0.15, 0.2) is 0 Å². The first-order chi connectivity index (χ1) is 15.3. The lowest BCUT2D eigenvalue weighted by molar-refractivity contribution is -0.117. The lowest BCUT2D eigenvalue weighted by Gasteiger charge is -2.08. The largest absolute Gasteiger partial charge is 0.352 e. The van der Waals surface area contributed by atoms with Crippen molar-refractivity contribution in [2.24, 2.45) is 0 Å². The monoisotopic (exact) mass is 401 g/mol. The third-order valence-corrected chi connectivity index (χ3v) is 6.04. The molecule has 2 aliphatic rings. The van der Waals surface area contributed by atoms with Gasteiger partial charge in [0.05, 0.1) is 5.52 Å². The Morgan fingerprint density at radius 2 is 1.71 bits per heavy atom. The van der Waals surface area contributed by atoms with E-state index in [-0.39, 0.29) is 5.91 Å². The maximum absolute atomic E-state index is 12.9. The summed E-state index contributed by atoms with van der Waals surface area (Å²) in [6.07, 6.45) is 10.4. The topological polar surface area (TPSA) is 54.9 Å². The van der Waals surface area contributed by atoms with Gasteiger partial charge in [0, 0.05) is 42.0 Å². The van der Waals surface area contributed by atoms with Crippen LogP contribution in [0.1, 0.15) is 16.8 Å². The normalized spacial score (nSPS) is 14.1. The van der Waals surface area contributed by atoms with Gasteiger partial charge in [-0.3, -0.25) is 14.8 Å². The molecule has 148 valence electrons. The molecule has 4 nitrogen and oxygen atoms in total. The van der Waals surface area contributed by atoms with E-state index in [0.29, 0.717) is 13.0 Å². The van der Waals surface area contributed by atoms with E-state index in [1.807, 2.05) is 36.5 Å². The molecule has 0 unspecified atom stereocenters. The van der Waals surface area contributed by atoms with E-state index >= 15 is 0 Å². The lowest BCUT2D eigenvalue weighted by atomic mass is 9.96. The van der Waals surface area contributed by atoms with Crippen LogP contribution in [0.2, 0.25) is 0 Å². The van der Waals surface area contributed by atoms with Crippen molar-refractivity contribution in [1.29, 1.82) is 0 Å². The summed E-state index contributed by atoms with van der Waals surface area (Å²) in [6, 6.07) is 18.5. The van der Waals surface area contributed by atoms with Crippen molar-refractivity contribution in [3.8, 4) is 0 Å². The molecule has 2 aliphatic carbocycles. The number of nitrogens with zero attached hydrogens (tertiary/aromatic N) is 2. The molecule has 31 heavy (non-hydrogen) atoms. The van der Waals surface area contributed by atoms with Crippen LogP contribution in [0, 0.1) is 0 Å². The first-order valence-corrected chi connectivity index (χ1v) is 10.4. The number of carbonyl (C=O) groups is 1. The van der Waals surface area contributed by atoms with Crippen LogP contribution in [0.3, 0.4) is 0 Å². The number of rotatable bonds is 4. The van der Waals surface area contributed by atoms with Crippen molar-refractivity contribution in [1.82, 2.24) is 15.3 Å². The zero-order valence-corrected chi connectivity index (χ0v) is 16.8. The zero-order chi connectivity index (χ0) is 20.8.